The van der Waals surface area contributed by atoms with Gasteiger partial charge >= 0.3 is 0 Å². The quantitative estimate of drug-likeness (QED) is 0.918. The number of hydrogen-bond acceptors (Lipinski definition) is 3. The third kappa shape index (κ3) is 2.45. The fraction of sp³-hybridized carbons (Fsp3) is 0.562. The number of methoxy groups -OCH3 is 1. The van der Waals surface area contributed by atoms with Crippen molar-refractivity contribution in [1.82, 2.24) is 5.32 Å². The second-order valence-corrected chi connectivity index (χ2v) is 5.43. The summed E-state index contributed by atoms with van der Waals surface area (Å²) in [6, 6.07) is 8.42. The summed E-state index contributed by atoms with van der Waals surface area (Å²) in [6.07, 6.45) is 1.58. The topological polar surface area (TPSA) is 41.6 Å². The Bertz CT molecular complexity index is 483. The number of nitrogens with zero attached hydrogens (tertiary/aromatic N) is 1. The highest BCUT2D eigenvalue weighted by atomic mass is 16.5. The molecule has 0 bridgehead atoms. The maximum Gasteiger partial charge on any atom is 0.258 e. The first kappa shape index (κ1) is 15.0. The minimum atomic E-state index is -0.750. The summed E-state index contributed by atoms with van der Waals surface area (Å²) in [5.74, 6) is 0.0458. The third-order valence-corrected chi connectivity index (χ3v) is 4.42. The minimum Gasteiger partial charge on any atom is -0.369 e. The minimum absolute atomic E-state index is 0.0458. The van der Waals surface area contributed by atoms with Crippen molar-refractivity contribution < 1.29 is 9.53 Å². The van der Waals surface area contributed by atoms with E-state index in [-0.39, 0.29) is 5.91 Å². The van der Waals surface area contributed by atoms with E-state index in [0.29, 0.717) is 12.5 Å². The Morgan fingerprint density at radius 3 is 2.80 bits per heavy atom. The molecule has 1 aromatic rings. The van der Waals surface area contributed by atoms with Crippen LogP contribution in [0.4, 0.5) is 5.69 Å². The van der Waals surface area contributed by atoms with E-state index in [1.807, 2.05) is 44.0 Å². The van der Waals surface area contributed by atoms with Crippen LogP contribution in [0.2, 0.25) is 0 Å². The molecule has 4 heteroatoms. The van der Waals surface area contributed by atoms with Gasteiger partial charge in [0.2, 0.25) is 0 Å². The van der Waals surface area contributed by atoms with Crippen molar-refractivity contribution in [2.45, 2.75) is 38.3 Å². The predicted molar refractivity (Wildman–Crippen MR) is 80.9 cm³/mol. The lowest BCUT2D eigenvalue weighted by Gasteiger charge is -2.38. The molecule has 0 spiro atoms. The van der Waals surface area contributed by atoms with Crippen LogP contribution < -0.4 is 10.2 Å². The molecule has 1 aliphatic heterocycles. The molecule has 0 aromatic heterocycles. The van der Waals surface area contributed by atoms with Gasteiger partial charge in [-0.15, -0.1) is 0 Å². The van der Waals surface area contributed by atoms with Crippen molar-refractivity contribution >= 4 is 11.6 Å². The second kappa shape index (κ2) is 5.94. The number of fused-ring (bicyclic) bond motifs is 1. The normalized spacial score (nSPS) is 21.2. The van der Waals surface area contributed by atoms with Gasteiger partial charge in [0.05, 0.1) is 0 Å². The van der Waals surface area contributed by atoms with E-state index in [1.54, 1.807) is 7.11 Å². The molecule has 20 heavy (non-hydrogen) atoms. The van der Waals surface area contributed by atoms with E-state index >= 15 is 0 Å². The number of ether oxygens (including phenoxy) is 1. The number of rotatable bonds is 4. The van der Waals surface area contributed by atoms with Crippen LogP contribution >= 0.6 is 0 Å². The number of nitrogens with one attached hydrogen (secondary N) is 1. The van der Waals surface area contributed by atoms with E-state index in [0.717, 1.165) is 18.7 Å². The average molecular weight is 276 g/mol. The van der Waals surface area contributed by atoms with Crippen LogP contribution in [0.1, 0.15) is 38.3 Å². The summed E-state index contributed by atoms with van der Waals surface area (Å²) in [4.78, 5) is 14.7. The van der Waals surface area contributed by atoms with E-state index in [9.17, 15) is 4.79 Å². The molecule has 0 radical (unpaired) electrons. The van der Waals surface area contributed by atoms with E-state index in [1.165, 1.54) is 5.56 Å². The Kier molecular flexibility index (Phi) is 4.45. The van der Waals surface area contributed by atoms with Gasteiger partial charge in [-0.05, 0) is 38.4 Å². The lowest BCUT2D eigenvalue weighted by molar-refractivity contribution is -0.139. The first-order valence-corrected chi connectivity index (χ1v) is 7.20. The Hall–Kier alpha value is -1.39. The predicted octanol–water partition coefficient (Wildman–Crippen LogP) is 2.50. The second-order valence-electron chi connectivity index (χ2n) is 5.43. The van der Waals surface area contributed by atoms with Crippen molar-refractivity contribution in [2.75, 3.05) is 25.6 Å². The zero-order valence-corrected chi connectivity index (χ0v) is 12.8. The zero-order chi connectivity index (χ0) is 14.8. The molecule has 2 unspecified atom stereocenters. The zero-order valence-electron chi connectivity index (χ0n) is 12.8. The van der Waals surface area contributed by atoms with Crippen LogP contribution in [0.25, 0.3) is 0 Å². The van der Waals surface area contributed by atoms with Crippen LogP contribution in [0, 0.1) is 0 Å². The highest BCUT2D eigenvalue weighted by Crippen LogP contribution is 2.35. The summed E-state index contributed by atoms with van der Waals surface area (Å²) < 4.78 is 5.46. The maximum atomic E-state index is 12.8. The Morgan fingerprint density at radius 2 is 2.20 bits per heavy atom. The van der Waals surface area contributed by atoms with Crippen molar-refractivity contribution in [1.29, 1.82) is 0 Å². The molecular formula is C16H24N2O2. The van der Waals surface area contributed by atoms with Crippen molar-refractivity contribution in [3.05, 3.63) is 29.8 Å². The van der Waals surface area contributed by atoms with Crippen molar-refractivity contribution in [3.8, 4) is 0 Å². The standard InChI is InChI=1S/C16H24N2O2/c1-5-16(2,20-4)15(19)18-11-10-13(17-3)12-8-6-7-9-14(12)18/h6-9,13,17H,5,10-11H2,1-4H3. The average Bonchev–Trinajstić information content (AvgIpc) is 2.52. The number of carbonyl (C=O) groups is 1. The third-order valence-electron chi connectivity index (χ3n) is 4.42. The van der Waals surface area contributed by atoms with Crippen LogP contribution in [0.15, 0.2) is 24.3 Å². The number of hydrogen-bond donors (Lipinski definition) is 1. The molecule has 0 fully saturated rings. The molecule has 1 aromatic carbocycles. The molecule has 2 atom stereocenters. The summed E-state index contributed by atoms with van der Waals surface area (Å²) in [5.41, 5.74) is 1.43. The monoisotopic (exact) mass is 276 g/mol. The van der Waals surface area contributed by atoms with Gasteiger partial charge in [0.15, 0.2) is 0 Å². The van der Waals surface area contributed by atoms with Crippen LogP contribution in [-0.2, 0) is 9.53 Å². The lowest BCUT2D eigenvalue weighted by atomic mass is 9.93. The fourth-order valence-electron chi connectivity index (χ4n) is 2.74. The molecule has 1 N–H and O–H groups in total. The molecule has 0 aliphatic carbocycles. The van der Waals surface area contributed by atoms with Gasteiger partial charge in [0.25, 0.3) is 5.91 Å². The number of benzene rings is 1. The van der Waals surface area contributed by atoms with Gasteiger partial charge < -0.3 is 15.0 Å². The highest BCUT2D eigenvalue weighted by molar-refractivity contribution is 6.00. The fourth-order valence-corrected chi connectivity index (χ4v) is 2.74. The molecule has 0 saturated heterocycles. The summed E-state index contributed by atoms with van der Waals surface area (Å²) in [5, 5.41) is 3.32. The lowest BCUT2D eigenvalue weighted by Crippen LogP contribution is -2.50. The summed E-state index contributed by atoms with van der Waals surface area (Å²) in [7, 11) is 3.57. The molecular weight excluding hydrogens is 252 g/mol. The van der Waals surface area contributed by atoms with E-state index in [2.05, 4.69) is 11.4 Å². The van der Waals surface area contributed by atoms with Crippen LogP contribution in [0.5, 0.6) is 0 Å². The highest BCUT2D eigenvalue weighted by Gasteiger charge is 2.38. The molecule has 1 heterocycles. The van der Waals surface area contributed by atoms with E-state index in [4.69, 9.17) is 4.74 Å². The maximum absolute atomic E-state index is 12.8. The Labute approximate surface area is 121 Å². The molecule has 1 amide bonds. The van der Waals surface area contributed by atoms with Crippen LogP contribution in [-0.4, -0.2) is 32.2 Å². The first-order chi connectivity index (χ1) is 9.57. The number of amides is 1. The number of carbonyl (C=O) groups excluding carboxylic acids is 1. The van der Waals surface area contributed by atoms with E-state index < -0.39 is 5.60 Å². The van der Waals surface area contributed by atoms with Gasteiger partial charge in [0.1, 0.15) is 5.60 Å². The number of anilines is 1. The van der Waals surface area contributed by atoms with Crippen molar-refractivity contribution in [3.63, 3.8) is 0 Å². The smallest absolute Gasteiger partial charge is 0.258 e. The summed E-state index contributed by atoms with van der Waals surface area (Å²) >= 11 is 0. The van der Waals surface area contributed by atoms with Gasteiger partial charge in [0, 0.05) is 25.4 Å². The largest absolute Gasteiger partial charge is 0.369 e. The van der Waals surface area contributed by atoms with Gasteiger partial charge in [-0.25, -0.2) is 0 Å². The van der Waals surface area contributed by atoms with Gasteiger partial charge in [-0.3, -0.25) is 4.79 Å². The first-order valence-electron chi connectivity index (χ1n) is 7.20. The van der Waals surface area contributed by atoms with Gasteiger partial charge in [-0.1, -0.05) is 25.1 Å². The Balaban J connectivity index is 2.38. The molecule has 1 aliphatic rings. The van der Waals surface area contributed by atoms with Gasteiger partial charge in [-0.2, -0.15) is 0 Å². The molecule has 110 valence electrons. The number of para-hydroxylation sites is 1. The summed E-state index contributed by atoms with van der Waals surface area (Å²) in [6.45, 7) is 4.57. The Morgan fingerprint density at radius 1 is 1.50 bits per heavy atom. The van der Waals surface area contributed by atoms with Crippen LogP contribution in [0.3, 0.4) is 0 Å². The molecule has 2 rings (SSSR count). The molecule has 4 nitrogen and oxygen atoms in total. The molecule has 0 saturated carbocycles. The SMILES string of the molecule is CCC(C)(OC)C(=O)N1CCC(NC)c2ccccc21. The van der Waals surface area contributed by atoms with Crippen molar-refractivity contribution in [2.24, 2.45) is 0 Å².